The second-order valence-corrected chi connectivity index (χ2v) is 9.46. The van der Waals surface area contributed by atoms with Crippen LogP contribution in [-0.4, -0.2) is 27.7 Å². The van der Waals surface area contributed by atoms with Gasteiger partial charge in [0.25, 0.3) is 0 Å². The number of aliphatic carboxylic acids is 1. The lowest BCUT2D eigenvalue weighted by Gasteiger charge is -2.18. The van der Waals surface area contributed by atoms with E-state index < -0.39 is 27.8 Å². The molecule has 0 bridgehead atoms. The van der Waals surface area contributed by atoms with Crippen LogP contribution in [0.2, 0.25) is 0 Å². The molecule has 1 saturated heterocycles. The number of carbonyl (C=O) groups is 1. The Morgan fingerprint density at radius 3 is 2.27 bits per heavy atom. The van der Waals surface area contributed by atoms with Crippen LogP contribution in [0.15, 0.2) is 54.6 Å². The Kier molecular flexibility index (Phi) is 4.29. The monoisotopic (exact) mass is 405 g/mol. The predicted molar refractivity (Wildman–Crippen MR) is 112 cm³/mol. The van der Waals surface area contributed by atoms with Crippen LogP contribution in [0.5, 0.6) is 11.5 Å². The van der Waals surface area contributed by atoms with Crippen LogP contribution in [0, 0.1) is 27.6 Å². The van der Waals surface area contributed by atoms with Crippen molar-refractivity contribution in [3.63, 3.8) is 0 Å². The maximum Gasteiger partial charge on any atom is 0.312 e. The molecular formula is C24H27N3O3. The molecule has 2 fully saturated rings. The van der Waals surface area contributed by atoms with Crippen LogP contribution in [0.3, 0.4) is 0 Å². The van der Waals surface area contributed by atoms with Crippen molar-refractivity contribution in [2.45, 2.75) is 45.7 Å². The van der Waals surface area contributed by atoms with Gasteiger partial charge in [-0.25, -0.2) is 5.01 Å². The van der Waals surface area contributed by atoms with E-state index in [4.69, 9.17) is 10.6 Å². The standard InChI is InChI=1S/C24H27N3O3/c1-21(2)19(27(21)26)24(15-25)22(3,4)23(24,20(28)29)14-16-9-8-12-18(13-16)30-17-10-6-5-7-11-17/h5-13,19H,14,26H2,1-4H3,(H,28,29)/t19-,23-,24-,27?/m1/s1. The van der Waals surface area contributed by atoms with Gasteiger partial charge < -0.3 is 9.84 Å². The van der Waals surface area contributed by atoms with Gasteiger partial charge in [-0.3, -0.25) is 10.6 Å². The third-order valence-corrected chi connectivity index (χ3v) is 7.51. The van der Waals surface area contributed by atoms with E-state index in [2.05, 4.69) is 6.07 Å². The number of carboxylic acids is 1. The molecule has 0 aromatic heterocycles. The second-order valence-electron chi connectivity index (χ2n) is 9.46. The van der Waals surface area contributed by atoms with Crippen molar-refractivity contribution in [1.82, 2.24) is 5.01 Å². The summed E-state index contributed by atoms with van der Waals surface area (Å²) < 4.78 is 5.91. The third kappa shape index (κ3) is 2.39. The van der Waals surface area contributed by atoms with E-state index in [1.54, 1.807) is 5.01 Å². The molecule has 30 heavy (non-hydrogen) atoms. The largest absolute Gasteiger partial charge is 0.481 e. The van der Waals surface area contributed by atoms with Crippen LogP contribution >= 0.6 is 0 Å². The number of hydrogen-bond donors (Lipinski definition) is 2. The fraction of sp³-hybridized carbons (Fsp3) is 0.417. The first-order valence-corrected chi connectivity index (χ1v) is 10.1. The average molecular weight is 405 g/mol. The minimum atomic E-state index is -1.24. The van der Waals surface area contributed by atoms with E-state index in [1.807, 2.05) is 82.3 Å². The first-order chi connectivity index (χ1) is 14.1. The summed E-state index contributed by atoms with van der Waals surface area (Å²) in [6.07, 6.45) is 0.231. The summed E-state index contributed by atoms with van der Waals surface area (Å²) >= 11 is 0. The molecule has 1 saturated carbocycles. The van der Waals surface area contributed by atoms with Gasteiger partial charge in [0.1, 0.15) is 11.5 Å². The zero-order valence-corrected chi connectivity index (χ0v) is 17.7. The lowest BCUT2D eigenvalue weighted by atomic mass is 9.82. The Balaban J connectivity index is 1.70. The lowest BCUT2D eigenvalue weighted by Crippen LogP contribution is -2.31. The second kappa shape index (κ2) is 6.31. The summed E-state index contributed by atoms with van der Waals surface area (Å²) in [5, 5.41) is 22.2. The average Bonchev–Trinajstić information content (AvgIpc) is 3.37. The minimum absolute atomic E-state index is 0.231. The highest BCUT2D eigenvalue weighted by molar-refractivity contribution is 5.85. The maximum atomic E-state index is 12.7. The van der Waals surface area contributed by atoms with Gasteiger partial charge in [0.2, 0.25) is 0 Å². The Bertz CT molecular complexity index is 1040. The predicted octanol–water partition coefficient (Wildman–Crippen LogP) is 3.98. The van der Waals surface area contributed by atoms with Crippen molar-refractivity contribution in [2.24, 2.45) is 22.1 Å². The smallest absolute Gasteiger partial charge is 0.312 e. The number of para-hydroxylation sites is 1. The van der Waals surface area contributed by atoms with Crippen molar-refractivity contribution < 1.29 is 14.6 Å². The molecule has 1 heterocycles. The highest BCUT2D eigenvalue weighted by Gasteiger charge is 2.94. The topological polar surface area (TPSA) is 99.3 Å². The first-order valence-electron chi connectivity index (χ1n) is 10.1. The molecule has 6 heteroatoms. The van der Waals surface area contributed by atoms with Crippen LogP contribution in [-0.2, 0) is 11.2 Å². The van der Waals surface area contributed by atoms with E-state index in [1.165, 1.54) is 0 Å². The molecule has 2 aromatic rings. The molecule has 1 aliphatic heterocycles. The van der Waals surface area contributed by atoms with Crippen LogP contribution in [0.25, 0.3) is 0 Å². The summed E-state index contributed by atoms with van der Waals surface area (Å²) in [5.74, 6) is 6.54. The number of nitrogens with two attached hydrogens (primary N) is 1. The van der Waals surface area contributed by atoms with Gasteiger partial charge in [-0.1, -0.05) is 44.2 Å². The molecule has 3 N–H and O–H groups in total. The summed E-state index contributed by atoms with van der Waals surface area (Å²) in [7, 11) is 0. The molecule has 0 radical (unpaired) electrons. The quantitative estimate of drug-likeness (QED) is 0.557. The Morgan fingerprint density at radius 1 is 1.13 bits per heavy atom. The summed E-state index contributed by atoms with van der Waals surface area (Å²) in [5.41, 5.74) is -2.66. The first kappa shape index (κ1) is 20.4. The Morgan fingerprint density at radius 2 is 1.73 bits per heavy atom. The molecule has 1 unspecified atom stereocenters. The van der Waals surface area contributed by atoms with E-state index in [9.17, 15) is 15.2 Å². The number of hydrazine groups is 1. The molecule has 4 rings (SSSR count). The molecule has 0 amide bonds. The number of hydrogen-bond acceptors (Lipinski definition) is 5. The Labute approximate surface area is 176 Å². The fourth-order valence-electron chi connectivity index (χ4n) is 5.65. The normalized spacial score (nSPS) is 32.7. The van der Waals surface area contributed by atoms with Crippen LogP contribution < -0.4 is 10.6 Å². The molecule has 1 aliphatic carbocycles. The van der Waals surface area contributed by atoms with E-state index >= 15 is 0 Å². The highest BCUT2D eigenvalue weighted by atomic mass is 16.5. The van der Waals surface area contributed by atoms with Crippen molar-refractivity contribution in [3.05, 3.63) is 60.2 Å². The van der Waals surface area contributed by atoms with Gasteiger partial charge in [-0.2, -0.15) is 5.26 Å². The SMILES string of the molecule is CC1(C)[C@H]([C@]2(C#N)C(C)(C)[C@@]2(Cc2cccc(Oc3ccccc3)c2)C(=O)O)N1N. The molecule has 156 valence electrons. The van der Waals surface area contributed by atoms with E-state index in [0.29, 0.717) is 11.5 Å². The molecule has 6 nitrogen and oxygen atoms in total. The van der Waals surface area contributed by atoms with Crippen molar-refractivity contribution in [1.29, 1.82) is 5.26 Å². The number of nitrogens with zero attached hydrogens (tertiary/aromatic N) is 2. The number of ether oxygens (including phenoxy) is 1. The lowest BCUT2D eigenvalue weighted by molar-refractivity contribution is -0.145. The fourth-order valence-corrected chi connectivity index (χ4v) is 5.65. The maximum absolute atomic E-state index is 12.7. The van der Waals surface area contributed by atoms with Gasteiger partial charge in [0.15, 0.2) is 0 Å². The number of nitriles is 1. The summed E-state index contributed by atoms with van der Waals surface area (Å²) in [6.45, 7) is 7.64. The summed E-state index contributed by atoms with van der Waals surface area (Å²) in [6, 6.07) is 18.9. The molecular weight excluding hydrogens is 378 g/mol. The van der Waals surface area contributed by atoms with Crippen molar-refractivity contribution >= 4 is 5.97 Å². The van der Waals surface area contributed by atoms with Crippen molar-refractivity contribution in [3.8, 4) is 17.6 Å². The zero-order valence-electron chi connectivity index (χ0n) is 17.7. The van der Waals surface area contributed by atoms with E-state index in [-0.39, 0.29) is 12.5 Å². The van der Waals surface area contributed by atoms with Gasteiger partial charge in [-0.15, -0.1) is 0 Å². The minimum Gasteiger partial charge on any atom is -0.481 e. The van der Waals surface area contributed by atoms with Gasteiger partial charge in [-0.05, 0) is 50.1 Å². The number of rotatable bonds is 6. The number of benzene rings is 2. The molecule has 2 aliphatic rings. The Hall–Kier alpha value is -2.88. The number of carboxylic acid groups (broad SMARTS) is 1. The van der Waals surface area contributed by atoms with Gasteiger partial charge in [0, 0.05) is 11.0 Å². The molecule has 4 atom stereocenters. The highest BCUT2D eigenvalue weighted by Crippen LogP contribution is 2.84. The van der Waals surface area contributed by atoms with E-state index in [0.717, 1.165) is 5.56 Å². The summed E-state index contributed by atoms with van der Waals surface area (Å²) in [4.78, 5) is 12.7. The molecule has 2 aromatic carbocycles. The molecule has 0 spiro atoms. The van der Waals surface area contributed by atoms with Gasteiger partial charge >= 0.3 is 5.97 Å². The van der Waals surface area contributed by atoms with Crippen molar-refractivity contribution in [2.75, 3.05) is 0 Å². The van der Waals surface area contributed by atoms with Crippen LogP contribution in [0.4, 0.5) is 0 Å². The third-order valence-electron chi connectivity index (χ3n) is 7.51. The van der Waals surface area contributed by atoms with Crippen LogP contribution in [0.1, 0.15) is 33.3 Å². The zero-order chi connectivity index (χ0) is 21.9. The van der Waals surface area contributed by atoms with Gasteiger partial charge in [0.05, 0.1) is 22.9 Å².